The molecule has 0 spiro atoms. The molecule has 1 N–H and O–H groups in total. The van der Waals surface area contributed by atoms with Gasteiger partial charge in [0.1, 0.15) is 17.2 Å². The Hall–Kier alpha value is -3.37. The molecule has 0 atom stereocenters. The third kappa shape index (κ3) is 3.43. The molecule has 2 aromatic carbocycles. The van der Waals surface area contributed by atoms with E-state index in [0.717, 1.165) is 18.3 Å². The van der Waals surface area contributed by atoms with E-state index in [-0.39, 0.29) is 22.0 Å². The molecule has 4 rings (SSSR count). The summed E-state index contributed by atoms with van der Waals surface area (Å²) in [4.78, 5) is 8.09. The first-order valence-corrected chi connectivity index (χ1v) is 9.86. The Morgan fingerprint density at radius 3 is 2.38 bits per heavy atom. The van der Waals surface area contributed by atoms with Crippen molar-refractivity contribution < 1.29 is 17.2 Å². The number of aromatic nitrogens is 4. The fraction of sp³-hybridized carbons (Fsp3) is 0.0526. The summed E-state index contributed by atoms with van der Waals surface area (Å²) in [7, 11) is -2.50. The zero-order chi connectivity index (χ0) is 20.6. The maximum Gasteiger partial charge on any atom is 0.259 e. The van der Waals surface area contributed by atoms with Gasteiger partial charge in [0.15, 0.2) is 5.03 Å². The first kappa shape index (κ1) is 19.0. The average molecular weight is 413 g/mol. The van der Waals surface area contributed by atoms with Crippen LogP contribution in [-0.2, 0) is 10.0 Å². The molecule has 0 fully saturated rings. The Balaban J connectivity index is 1.88. The van der Waals surface area contributed by atoms with Gasteiger partial charge in [-0.2, -0.15) is 0 Å². The number of sulfonamides is 1. The lowest BCUT2D eigenvalue weighted by Crippen LogP contribution is -2.20. The fourth-order valence-electron chi connectivity index (χ4n) is 2.85. The monoisotopic (exact) mass is 413 g/mol. The SMILES string of the molecule is CNS(=O)(=O)c1cncc(-c2cccc3cc(-c4c(F)cccc4F)nnc23)n1. The van der Waals surface area contributed by atoms with Gasteiger partial charge in [0.25, 0.3) is 10.0 Å². The van der Waals surface area contributed by atoms with Crippen molar-refractivity contribution in [1.29, 1.82) is 0 Å². The first-order chi connectivity index (χ1) is 13.9. The van der Waals surface area contributed by atoms with Gasteiger partial charge in [0.05, 0.1) is 29.3 Å². The molecule has 0 aliphatic rings. The van der Waals surface area contributed by atoms with E-state index >= 15 is 0 Å². The number of fused-ring (bicyclic) bond motifs is 1. The van der Waals surface area contributed by atoms with Crippen LogP contribution in [0, 0.1) is 11.6 Å². The quantitative estimate of drug-likeness (QED) is 0.552. The molecule has 29 heavy (non-hydrogen) atoms. The van der Waals surface area contributed by atoms with Crippen LogP contribution in [0.2, 0.25) is 0 Å². The van der Waals surface area contributed by atoms with Crippen LogP contribution in [0.1, 0.15) is 0 Å². The summed E-state index contributed by atoms with van der Waals surface area (Å²) in [5.74, 6) is -1.49. The molecule has 0 unspecified atom stereocenters. The summed E-state index contributed by atoms with van der Waals surface area (Å²) in [6, 6.07) is 10.1. The van der Waals surface area contributed by atoms with Gasteiger partial charge in [0, 0.05) is 10.9 Å². The maximum absolute atomic E-state index is 14.1. The third-order valence-electron chi connectivity index (χ3n) is 4.27. The number of nitrogens with zero attached hydrogens (tertiary/aromatic N) is 4. The molecule has 10 heteroatoms. The highest BCUT2D eigenvalue weighted by Crippen LogP contribution is 2.30. The number of hydrogen-bond donors (Lipinski definition) is 1. The van der Waals surface area contributed by atoms with Gasteiger partial charge in [-0.25, -0.2) is 26.9 Å². The molecule has 0 aliphatic carbocycles. The van der Waals surface area contributed by atoms with Crippen molar-refractivity contribution in [2.24, 2.45) is 0 Å². The second kappa shape index (κ2) is 7.22. The second-order valence-corrected chi connectivity index (χ2v) is 7.85. The van der Waals surface area contributed by atoms with Crippen molar-refractivity contribution in [1.82, 2.24) is 24.9 Å². The van der Waals surface area contributed by atoms with Gasteiger partial charge in [0.2, 0.25) is 0 Å². The highest BCUT2D eigenvalue weighted by Gasteiger charge is 2.18. The van der Waals surface area contributed by atoms with Crippen LogP contribution < -0.4 is 4.72 Å². The van der Waals surface area contributed by atoms with Crippen molar-refractivity contribution in [3.63, 3.8) is 0 Å². The van der Waals surface area contributed by atoms with Crippen molar-refractivity contribution in [3.05, 3.63) is 66.5 Å². The molecular weight excluding hydrogens is 400 g/mol. The average Bonchev–Trinajstić information content (AvgIpc) is 2.73. The van der Waals surface area contributed by atoms with Gasteiger partial charge in [-0.3, -0.25) is 4.98 Å². The van der Waals surface area contributed by atoms with E-state index in [9.17, 15) is 17.2 Å². The largest absolute Gasteiger partial charge is 0.259 e. The van der Waals surface area contributed by atoms with Crippen LogP contribution in [0.15, 0.2) is 59.9 Å². The predicted octanol–water partition coefficient (Wildman–Crippen LogP) is 2.94. The Morgan fingerprint density at radius 1 is 0.931 bits per heavy atom. The summed E-state index contributed by atoms with van der Waals surface area (Å²) in [5, 5.41) is 8.39. The van der Waals surface area contributed by atoms with Crippen molar-refractivity contribution in [2.75, 3.05) is 7.05 Å². The smallest absolute Gasteiger partial charge is 0.259 e. The Bertz CT molecular complexity index is 1330. The van der Waals surface area contributed by atoms with Crippen molar-refractivity contribution in [2.45, 2.75) is 5.03 Å². The molecule has 0 radical (unpaired) electrons. The Kier molecular flexibility index (Phi) is 4.73. The molecule has 2 heterocycles. The maximum atomic E-state index is 14.1. The van der Waals surface area contributed by atoms with Crippen molar-refractivity contribution in [3.8, 4) is 22.5 Å². The van der Waals surface area contributed by atoms with Gasteiger partial charge in [-0.1, -0.05) is 24.3 Å². The summed E-state index contributed by atoms with van der Waals surface area (Å²) in [6.07, 6.45) is 2.53. The molecule has 2 aromatic heterocycles. The number of rotatable bonds is 4. The van der Waals surface area contributed by atoms with E-state index in [0.29, 0.717) is 16.5 Å². The van der Waals surface area contributed by atoms with E-state index in [4.69, 9.17) is 0 Å². The van der Waals surface area contributed by atoms with Crippen LogP contribution in [0.25, 0.3) is 33.4 Å². The normalized spacial score (nSPS) is 11.7. The minimum absolute atomic E-state index is 0.0443. The summed E-state index contributed by atoms with van der Waals surface area (Å²) in [5.41, 5.74) is 0.917. The van der Waals surface area contributed by atoms with E-state index in [2.05, 4.69) is 24.9 Å². The lowest BCUT2D eigenvalue weighted by atomic mass is 10.0. The molecule has 0 saturated heterocycles. The summed E-state index contributed by atoms with van der Waals surface area (Å²) in [6.45, 7) is 0. The zero-order valence-corrected chi connectivity index (χ0v) is 15.8. The van der Waals surface area contributed by atoms with Gasteiger partial charge >= 0.3 is 0 Å². The van der Waals surface area contributed by atoms with Crippen LogP contribution >= 0.6 is 0 Å². The Labute approximate surface area is 164 Å². The lowest BCUT2D eigenvalue weighted by molar-refractivity contribution is 0.583. The molecule has 4 aromatic rings. The molecule has 146 valence electrons. The van der Waals surface area contributed by atoms with Crippen LogP contribution in [-0.4, -0.2) is 35.6 Å². The fourth-order valence-corrected chi connectivity index (χ4v) is 3.48. The molecule has 0 bridgehead atoms. The van der Waals surface area contributed by atoms with Crippen LogP contribution in [0.3, 0.4) is 0 Å². The minimum atomic E-state index is -3.78. The standard InChI is InChI=1S/C19H13F2N5O2S/c1-22-29(27,28)17-10-23-9-16(24-17)12-5-2-4-11-8-15(25-26-19(11)12)18-13(20)6-3-7-14(18)21/h2-10,22H,1H3. The molecular formula is C19H13F2N5O2S. The molecule has 0 amide bonds. The highest BCUT2D eigenvalue weighted by molar-refractivity contribution is 7.89. The van der Waals surface area contributed by atoms with Crippen LogP contribution in [0.5, 0.6) is 0 Å². The summed E-state index contributed by atoms with van der Waals surface area (Å²) < 4.78 is 54.3. The zero-order valence-electron chi connectivity index (χ0n) is 15.0. The molecule has 0 saturated carbocycles. The highest BCUT2D eigenvalue weighted by atomic mass is 32.2. The topological polar surface area (TPSA) is 97.7 Å². The van der Waals surface area contributed by atoms with E-state index in [1.54, 1.807) is 18.2 Å². The van der Waals surface area contributed by atoms with E-state index in [1.807, 2.05) is 0 Å². The predicted molar refractivity (Wildman–Crippen MR) is 102 cm³/mol. The number of halogens is 2. The minimum Gasteiger partial charge on any atom is -0.259 e. The number of nitrogens with one attached hydrogen (secondary N) is 1. The number of benzene rings is 2. The lowest BCUT2D eigenvalue weighted by Gasteiger charge is -2.08. The van der Waals surface area contributed by atoms with Gasteiger partial charge < -0.3 is 0 Å². The van der Waals surface area contributed by atoms with Gasteiger partial charge in [-0.15, -0.1) is 10.2 Å². The van der Waals surface area contributed by atoms with Gasteiger partial charge in [-0.05, 0) is 25.2 Å². The molecule has 0 aliphatic heterocycles. The Morgan fingerprint density at radius 2 is 1.66 bits per heavy atom. The third-order valence-corrected chi connectivity index (χ3v) is 5.55. The summed E-state index contributed by atoms with van der Waals surface area (Å²) >= 11 is 0. The van der Waals surface area contributed by atoms with E-state index < -0.39 is 21.7 Å². The second-order valence-electron chi connectivity index (χ2n) is 6.02. The van der Waals surface area contributed by atoms with Crippen LogP contribution in [0.4, 0.5) is 8.78 Å². The first-order valence-electron chi connectivity index (χ1n) is 8.37. The van der Waals surface area contributed by atoms with E-state index in [1.165, 1.54) is 25.4 Å². The molecule has 7 nitrogen and oxygen atoms in total. The van der Waals surface area contributed by atoms with Crippen molar-refractivity contribution >= 4 is 20.9 Å². The number of hydrogen-bond acceptors (Lipinski definition) is 6.